The molecule has 41 heavy (non-hydrogen) atoms. The van der Waals surface area contributed by atoms with Crippen molar-refractivity contribution in [1.82, 2.24) is 0 Å². The Morgan fingerprint density at radius 3 is 1.02 bits per heavy atom. The van der Waals surface area contributed by atoms with Gasteiger partial charge in [-0.25, -0.2) is 0 Å². The van der Waals surface area contributed by atoms with E-state index in [1.807, 2.05) is 20.8 Å². The monoisotopic (exact) mass is 658 g/mol. The number of hydrogen-bond donors (Lipinski definition) is 0. The molecule has 0 unspecified atom stereocenters. The molecule has 0 N–H and O–H groups in total. The predicted molar refractivity (Wildman–Crippen MR) is 157 cm³/mol. The minimum absolute atomic E-state index is 0.227. The van der Waals surface area contributed by atoms with Crippen LogP contribution in [0.3, 0.4) is 0 Å². The largest absolute Gasteiger partial charge is 0.545 e. The summed E-state index contributed by atoms with van der Waals surface area (Å²) in [5, 5.41) is 30.6. The van der Waals surface area contributed by atoms with Crippen molar-refractivity contribution in [3.05, 3.63) is 142 Å². The first kappa shape index (κ1) is 35.1. The van der Waals surface area contributed by atoms with Gasteiger partial charge >= 0.3 is 82.1 Å². The molecule has 0 radical (unpaired) electrons. The Morgan fingerprint density at radius 1 is 0.537 bits per heavy atom. The first-order chi connectivity index (χ1) is 19.3. The van der Waals surface area contributed by atoms with Gasteiger partial charge in [-0.15, -0.1) is 0 Å². The first-order valence-electron chi connectivity index (χ1n) is 12.8. The fourth-order valence-electron chi connectivity index (χ4n) is 3.06. The van der Waals surface area contributed by atoms with Crippen molar-refractivity contribution in [3.8, 4) is 0 Å². The van der Waals surface area contributed by atoms with Crippen LogP contribution < -0.4 is 15.3 Å². The third-order valence-corrected chi connectivity index (χ3v) is 8.38. The van der Waals surface area contributed by atoms with Crippen molar-refractivity contribution >= 4 is 40.4 Å². The minimum atomic E-state index is -1.12. The Balaban J connectivity index is 0.000000274. The smallest absolute Gasteiger partial charge is 0.0715 e. The zero-order valence-corrected chi connectivity index (χ0v) is 26.8. The molecule has 6 nitrogen and oxygen atoms in total. The Labute approximate surface area is 255 Å². The maximum atomic E-state index is 10.2. The maximum absolute atomic E-state index is 10.2. The van der Waals surface area contributed by atoms with Crippen LogP contribution in [0.5, 0.6) is 0 Å². The number of carboxylic acids is 3. The molecule has 0 amide bonds. The second kappa shape index (κ2) is 17.7. The molecule has 0 spiro atoms. The van der Waals surface area contributed by atoms with Gasteiger partial charge in [-0.1, -0.05) is 89.5 Å². The first-order valence-corrected chi connectivity index (χ1v) is 14.8. The van der Waals surface area contributed by atoms with Gasteiger partial charge in [0.15, 0.2) is 0 Å². The standard InChI is InChI=1S/C10H13.3C8H8O2.Sn/c1-10(2,3)9-7-5-4-6-8-9;3*1-6-2-4-7(5-3-6)8(9)10;/h4-8H,1H2,2-3H3;3*2-5H,1H3,(H,9,10);/q;;;;+3/p-3. The maximum Gasteiger partial charge on any atom is 0.0715 e. The third kappa shape index (κ3) is 13.8. The molecule has 0 saturated carbocycles. The molecule has 0 aliphatic rings. The van der Waals surface area contributed by atoms with Crippen molar-refractivity contribution in [1.29, 1.82) is 0 Å². The average Bonchev–Trinajstić information content (AvgIpc) is 2.95. The van der Waals surface area contributed by atoms with E-state index < -0.39 is 17.9 Å². The van der Waals surface area contributed by atoms with E-state index in [1.165, 1.54) is 46.4 Å². The molecular formula is C34H34O6Sn. The third-order valence-electron chi connectivity index (χ3n) is 5.86. The zero-order valence-electron chi connectivity index (χ0n) is 24.0. The minimum Gasteiger partial charge on any atom is -0.545 e. The van der Waals surface area contributed by atoms with Crippen molar-refractivity contribution in [2.45, 2.75) is 44.5 Å². The normalized spacial score (nSPS) is 9.93. The van der Waals surface area contributed by atoms with Gasteiger partial charge in [0, 0.05) is 0 Å². The summed E-state index contributed by atoms with van der Waals surface area (Å²) in [6, 6.07) is 30.4. The molecule has 0 fully saturated rings. The molecule has 0 aromatic heterocycles. The van der Waals surface area contributed by atoms with E-state index in [1.54, 1.807) is 58.9 Å². The molecule has 0 aliphatic carbocycles. The quantitative estimate of drug-likeness (QED) is 0.303. The number of carboxylic acid groups (broad SMARTS) is 3. The van der Waals surface area contributed by atoms with Gasteiger partial charge in [0.1, 0.15) is 0 Å². The van der Waals surface area contributed by atoms with Gasteiger partial charge in [-0.2, -0.15) is 0 Å². The van der Waals surface area contributed by atoms with E-state index in [0.29, 0.717) is 5.41 Å². The molecule has 4 rings (SSSR count). The van der Waals surface area contributed by atoms with Crippen LogP contribution in [-0.2, 0) is 5.41 Å². The number of rotatable bonds is 5. The van der Waals surface area contributed by atoms with Crippen LogP contribution in [0.2, 0.25) is 4.44 Å². The van der Waals surface area contributed by atoms with E-state index in [2.05, 4.69) is 44.2 Å². The van der Waals surface area contributed by atoms with E-state index in [-0.39, 0.29) is 16.7 Å². The number of benzene rings is 4. The summed E-state index contributed by atoms with van der Waals surface area (Å²) in [7, 11) is 0. The Bertz CT molecular complexity index is 1230. The summed E-state index contributed by atoms with van der Waals surface area (Å²) in [6.45, 7) is 10.3. The van der Waals surface area contributed by atoms with E-state index in [9.17, 15) is 29.7 Å². The van der Waals surface area contributed by atoms with Crippen LogP contribution >= 0.6 is 0 Å². The average molecular weight is 657 g/mol. The van der Waals surface area contributed by atoms with E-state index >= 15 is 0 Å². The number of carbonyl (C=O) groups is 3. The second-order valence-corrected chi connectivity index (χ2v) is 10.9. The fraction of sp³-hybridized carbons (Fsp3) is 0.206. The molecule has 4 aromatic rings. The number of aryl methyl sites for hydroxylation is 3. The van der Waals surface area contributed by atoms with Gasteiger partial charge < -0.3 is 29.7 Å². The second-order valence-electron chi connectivity index (χ2n) is 9.89. The molecule has 0 atom stereocenters. The van der Waals surface area contributed by atoms with Crippen LogP contribution in [0, 0.1) is 20.8 Å². The fourth-order valence-corrected chi connectivity index (χ4v) is 3.64. The molecule has 7 heteroatoms. The van der Waals surface area contributed by atoms with Crippen molar-refractivity contribution in [3.63, 3.8) is 0 Å². The molecule has 4 aromatic carbocycles. The van der Waals surface area contributed by atoms with Crippen LogP contribution in [0.1, 0.15) is 67.2 Å². The number of aromatic carboxylic acids is 3. The topological polar surface area (TPSA) is 120 Å². The van der Waals surface area contributed by atoms with Crippen molar-refractivity contribution < 1.29 is 29.7 Å². The predicted octanol–water partition coefficient (Wildman–Crippen LogP) is 3.63. The molecular weight excluding hydrogens is 623 g/mol. The Morgan fingerprint density at radius 2 is 0.805 bits per heavy atom. The van der Waals surface area contributed by atoms with Gasteiger partial charge in [0.25, 0.3) is 0 Å². The van der Waals surface area contributed by atoms with Crippen molar-refractivity contribution in [2.75, 3.05) is 0 Å². The van der Waals surface area contributed by atoms with Crippen molar-refractivity contribution in [2.24, 2.45) is 0 Å². The van der Waals surface area contributed by atoms with Crippen LogP contribution in [-0.4, -0.2) is 40.4 Å². The van der Waals surface area contributed by atoms with Gasteiger partial charge in [0.2, 0.25) is 0 Å². The Kier molecular flexibility index (Phi) is 15.2. The Hall–Kier alpha value is -3.91. The summed E-state index contributed by atoms with van der Waals surface area (Å²) >= 11 is 1.62. The summed E-state index contributed by atoms with van der Waals surface area (Å²) in [6.07, 6.45) is 0. The van der Waals surface area contributed by atoms with E-state index in [0.717, 1.165) is 16.7 Å². The van der Waals surface area contributed by atoms with Gasteiger partial charge in [0.05, 0.1) is 17.9 Å². The van der Waals surface area contributed by atoms with Gasteiger partial charge in [-0.3, -0.25) is 0 Å². The molecule has 0 aliphatic heterocycles. The van der Waals surface area contributed by atoms with Crippen LogP contribution in [0.15, 0.2) is 103 Å². The van der Waals surface area contributed by atoms with Gasteiger partial charge in [-0.05, 0) is 37.5 Å². The number of hydrogen-bond acceptors (Lipinski definition) is 6. The van der Waals surface area contributed by atoms with Crippen LogP contribution in [0.4, 0.5) is 0 Å². The summed E-state index contributed by atoms with van der Waals surface area (Å²) in [4.78, 5) is 30.6. The van der Waals surface area contributed by atoms with Crippen LogP contribution in [0.25, 0.3) is 0 Å². The zero-order chi connectivity index (χ0) is 31.0. The molecule has 0 saturated heterocycles. The summed E-state index contributed by atoms with van der Waals surface area (Å²) in [5.41, 5.74) is 5.65. The molecule has 0 bridgehead atoms. The molecule has 210 valence electrons. The summed E-state index contributed by atoms with van der Waals surface area (Å²) < 4.78 is 1.28. The SMILES string of the molecule is CC(C)([CH2][Sn+3])c1ccccc1.Cc1ccc(C(=O)[O-])cc1.Cc1ccc(C(=O)[O-])cc1.Cc1ccc(C(=O)[O-])cc1. The molecule has 0 heterocycles. The number of carbonyl (C=O) groups excluding carboxylic acids is 3. The van der Waals surface area contributed by atoms with E-state index in [4.69, 9.17) is 0 Å². The summed E-state index contributed by atoms with van der Waals surface area (Å²) in [5.74, 6) is -3.37.